The predicted octanol–water partition coefficient (Wildman–Crippen LogP) is 4.90. The van der Waals surface area contributed by atoms with Crippen molar-refractivity contribution in [3.8, 4) is 0 Å². The van der Waals surface area contributed by atoms with Crippen LogP contribution >= 0.6 is 11.3 Å². The minimum atomic E-state index is -0.178. The van der Waals surface area contributed by atoms with Crippen molar-refractivity contribution in [3.63, 3.8) is 0 Å². The number of aromatic nitrogens is 3. The number of pyridine rings is 1. The van der Waals surface area contributed by atoms with E-state index in [0.717, 1.165) is 52.6 Å². The summed E-state index contributed by atoms with van der Waals surface area (Å²) in [5.41, 5.74) is 3.48. The first-order valence-electron chi connectivity index (χ1n) is 10.7. The first-order valence-corrected chi connectivity index (χ1v) is 11.5. The van der Waals surface area contributed by atoms with Gasteiger partial charge in [-0.2, -0.15) is 0 Å². The number of rotatable bonds is 4. The normalized spacial score (nSPS) is 19.7. The van der Waals surface area contributed by atoms with Gasteiger partial charge in [-0.1, -0.05) is 6.92 Å². The van der Waals surface area contributed by atoms with E-state index in [9.17, 15) is 0 Å². The van der Waals surface area contributed by atoms with Gasteiger partial charge in [0.2, 0.25) is 0 Å². The zero-order valence-corrected chi connectivity index (χ0v) is 18.5. The first-order chi connectivity index (χ1) is 14.0. The first kappa shape index (κ1) is 19.0. The highest BCUT2D eigenvalue weighted by Crippen LogP contribution is 2.44. The van der Waals surface area contributed by atoms with Crippen LogP contribution in [0, 0.1) is 0 Å². The second-order valence-corrected chi connectivity index (χ2v) is 9.95. The van der Waals surface area contributed by atoms with Crippen molar-refractivity contribution in [2.45, 2.75) is 71.6 Å². The molecule has 3 aromatic rings. The smallest absolute Gasteiger partial charge is 0.147 e. The fourth-order valence-electron chi connectivity index (χ4n) is 4.42. The number of anilines is 2. The highest BCUT2D eigenvalue weighted by molar-refractivity contribution is 7.26. The molecule has 154 valence electrons. The van der Waals surface area contributed by atoms with Crippen LogP contribution in [0.5, 0.6) is 0 Å². The largest absolute Gasteiger partial charge is 0.370 e. The van der Waals surface area contributed by atoms with Crippen molar-refractivity contribution in [2.24, 2.45) is 0 Å². The van der Waals surface area contributed by atoms with E-state index in [4.69, 9.17) is 14.7 Å². The van der Waals surface area contributed by atoms with Gasteiger partial charge in [0.05, 0.1) is 22.4 Å². The molecule has 0 aliphatic carbocycles. The monoisotopic (exact) mass is 411 g/mol. The van der Waals surface area contributed by atoms with Crippen LogP contribution in [0.25, 0.3) is 20.4 Å². The molecule has 2 aliphatic heterocycles. The molecule has 0 spiro atoms. The molecule has 29 heavy (non-hydrogen) atoms. The number of hydrogen-bond donors (Lipinski definition) is 1. The quantitative estimate of drug-likeness (QED) is 0.659. The van der Waals surface area contributed by atoms with Gasteiger partial charge >= 0.3 is 0 Å². The SMILES string of the molecule is CC[C@H](C)Nc1ncnc2c1sc1nc(N3CCCC3)c3c(c12)CC(C)(C)OC3. The van der Waals surface area contributed by atoms with Crippen LogP contribution in [-0.2, 0) is 17.8 Å². The van der Waals surface area contributed by atoms with Crippen LogP contribution in [-0.4, -0.2) is 39.7 Å². The van der Waals surface area contributed by atoms with Crippen LogP contribution in [0.2, 0.25) is 0 Å². The Kier molecular flexibility index (Phi) is 4.62. The van der Waals surface area contributed by atoms with Gasteiger partial charge in [-0.05, 0) is 45.6 Å². The molecule has 0 unspecified atom stereocenters. The number of fused-ring (bicyclic) bond motifs is 5. The van der Waals surface area contributed by atoms with Gasteiger partial charge in [-0.25, -0.2) is 15.0 Å². The molecular formula is C22H29N5OS. The Morgan fingerprint density at radius 1 is 1.24 bits per heavy atom. The van der Waals surface area contributed by atoms with Gasteiger partial charge in [-0.3, -0.25) is 0 Å². The molecule has 2 aliphatic rings. The topological polar surface area (TPSA) is 63.2 Å². The van der Waals surface area contributed by atoms with E-state index in [-0.39, 0.29) is 5.60 Å². The third-order valence-electron chi connectivity index (χ3n) is 6.21. The van der Waals surface area contributed by atoms with Crippen molar-refractivity contribution in [3.05, 3.63) is 17.5 Å². The molecule has 1 fully saturated rings. The van der Waals surface area contributed by atoms with Crippen LogP contribution in [0.4, 0.5) is 11.6 Å². The molecule has 5 heterocycles. The van der Waals surface area contributed by atoms with E-state index >= 15 is 0 Å². The maximum atomic E-state index is 6.21. The molecule has 0 bridgehead atoms. The maximum absolute atomic E-state index is 6.21. The van der Waals surface area contributed by atoms with Crippen LogP contribution in [0.15, 0.2) is 6.33 Å². The van der Waals surface area contributed by atoms with E-state index in [1.807, 2.05) is 0 Å². The number of hydrogen-bond acceptors (Lipinski definition) is 7. The van der Waals surface area contributed by atoms with E-state index in [2.05, 4.69) is 42.9 Å². The third-order valence-corrected chi connectivity index (χ3v) is 7.29. The summed E-state index contributed by atoms with van der Waals surface area (Å²) in [6.45, 7) is 11.5. The Morgan fingerprint density at radius 3 is 2.79 bits per heavy atom. The summed E-state index contributed by atoms with van der Waals surface area (Å²) >= 11 is 1.72. The maximum Gasteiger partial charge on any atom is 0.147 e. The van der Waals surface area contributed by atoms with Crippen molar-refractivity contribution >= 4 is 43.4 Å². The van der Waals surface area contributed by atoms with Gasteiger partial charge in [-0.15, -0.1) is 11.3 Å². The summed E-state index contributed by atoms with van der Waals surface area (Å²) in [6, 6.07) is 0.368. The summed E-state index contributed by atoms with van der Waals surface area (Å²) in [5, 5.41) is 4.76. The summed E-state index contributed by atoms with van der Waals surface area (Å²) in [6.07, 6.45) is 6.09. The average Bonchev–Trinajstić information content (AvgIpc) is 3.34. The zero-order chi connectivity index (χ0) is 20.2. The van der Waals surface area contributed by atoms with Gasteiger partial charge in [0.1, 0.15) is 22.8 Å². The number of thiophene rings is 1. The molecule has 1 atom stereocenters. The molecule has 6 nitrogen and oxygen atoms in total. The van der Waals surface area contributed by atoms with Crippen molar-refractivity contribution < 1.29 is 4.74 Å². The minimum absolute atomic E-state index is 0.178. The van der Waals surface area contributed by atoms with E-state index in [0.29, 0.717) is 12.6 Å². The van der Waals surface area contributed by atoms with E-state index in [1.165, 1.54) is 29.4 Å². The van der Waals surface area contributed by atoms with Crippen molar-refractivity contribution in [2.75, 3.05) is 23.3 Å². The van der Waals surface area contributed by atoms with Gasteiger partial charge in [0.15, 0.2) is 0 Å². The van der Waals surface area contributed by atoms with Gasteiger partial charge in [0, 0.05) is 36.5 Å². The lowest BCUT2D eigenvalue weighted by molar-refractivity contribution is -0.0395. The lowest BCUT2D eigenvalue weighted by Crippen LogP contribution is -2.33. The lowest BCUT2D eigenvalue weighted by Gasteiger charge is -2.34. The fraction of sp³-hybridized carbons (Fsp3) is 0.591. The summed E-state index contributed by atoms with van der Waals surface area (Å²) in [7, 11) is 0. The fourth-order valence-corrected chi connectivity index (χ4v) is 5.52. The Morgan fingerprint density at radius 2 is 2.03 bits per heavy atom. The second-order valence-electron chi connectivity index (χ2n) is 8.95. The highest BCUT2D eigenvalue weighted by Gasteiger charge is 2.33. The van der Waals surface area contributed by atoms with Gasteiger partial charge in [0.25, 0.3) is 0 Å². The third kappa shape index (κ3) is 3.24. The minimum Gasteiger partial charge on any atom is -0.370 e. The Hall–Kier alpha value is -1.99. The molecule has 0 saturated carbocycles. The Balaban J connectivity index is 1.76. The second kappa shape index (κ2) is 7.06. The number of nitrogens with one attached hydrogen (secondary N) is 1. The van der Waals surface area contributed by atoms with Crippen LogP contribution < -0.4 is 10.2 Å². The number of ether oxygens (including phenoxy) is 1. The molecule has 5 rings (SSSR count). The molecule has 3 aromatic heterocycles. The predicted molar refractivity (Wildman–Crippen MR) is 120 cm³/mol. The molecule has 7 heteroatoms. The highest BCUT2D eigenvalue weighted by atomic mass is 32.1. The van der Waals surface area contributed by atoms with E-state index in [1.54, 1.807) is 17.7 Å². The Bertz CT molecular complexity index is 1070. The van der Waals surface area contributed by atoms with E-state index < -0.39 is 0 Å². The Labute approximate surface area is 175 Å². The van der Waals surface area contributed by atoms with Crippen LogP contribution in [0.1, 0.15) is 58.1 Å². The van der Waals surface area contributed by atoms with Gasteiger partial charge < -0.3 is 15.0 Å². The zero-order valence-electron chi connectivity index (χ0n) is 17.7. The van der Waals surface area contributed by atoms with Crippen molar-refractivity contribution in [1.82, 2.24) is 15.0 Å². The summed E-state index contributed by atoms with van der Waals surface area (Å²) in [4.78, 5) is 17.9. The molecular weight excluding hydrogens is 382 g/mol. The number of nitrogens with zero attached hydrogens (tertiary/aromatic N) is 4. The van der Waals surface area contributed by atoms with Crippen LogP contribution in [0.3, 0.4) is 0 Å². The average molecular weight is 412 g/mol. The molecule has 0 aromatic carbocycles. The summed E-state index contributed by atoms with van der Waals surface area (Å²) < 4.78 is 7.32. The molecule has 0 amide bonds. The standard InChI is InChI=1S/C22H29N5OS/c1-5-13(2)25-19-18-17(23-12-24-19)16-14-10-22(3,4)28-11-15(14)20(26-21(16)29-18)27-8-6-7-9-27/h12-13H,5-11H2,1-4H3,(H,23,24,25)/t13-/m0/s1. The molecule has 1 N–H and O–H groups in total. The van der Waals surface area contributed by atoms with Crippen molar-refractivity contribution in [1.29, 1.82) is 0 Å². The lowest BCUT2D eigenvalue weighted by atomic mass is 9.90. The molecule has 0 radical (unpaired) electrons. The molecule has 1 saturated heterocycles. The summed E-state index contributed by atoms with van der Waals surface area (Å²) in [5.74, 6) is 2.05.